The van der Waals surface area contributed by atoms with E-state index in [-0.39, 0.29) is 10.6 Å². The second-order valence-corrected chi connectivity index (χ2v) is 7.41. The van der Waals surface area contributed by atoms with Crippen LogP contribution in [0, 0.1) is 17.0 Å². The minimum atomic E-state index is -0.376. The lowest BCUT2D eigenvalue weighted by molar-refractivity contribution is -0.385. The molecule has 2 aromatic carbocycles. The molecule has 1 aromatic heterocycles. The molecule has 0 fully saturated rings. The van der Waals surface area contributed by atoms with Gasteiger partial charge in [0.15, 0.2) is 0 Å². The SMILES string of the molecule is COc1ccc2c(c1)-c1nc(N=Cc3ccc(C)c([N+](=O)[O-])c3)sc1CC2. The third-order valence-corrected chi connectivity index (χ3v) is 5.66. The largest absolute Gasteiger partial charge is 0.497 e. The van der Waals surface area contributed by atoms with Crippen LogP contribution in [-0.2, 0) is 12.8 Å². The Morgan fingerprint density at radius 3 is 2.89 bits per heavy atom. The fourth-order valence-corrected chi connectivity index (χ4v) is 4.10. The molecule has 0 saturated heterocycles. The van der Waals surface area contributed by atoms with Crippen molar-refractivity contribution in [1.82, 2.24) is 4.98 Å². The average Bonchev–Trinajstić information content (AvgIpc) is 3.10. The van der Waals surface area contributed by atoms with Crippen LogP contribution in [0.15, 0.2) is 41.4 Å². The Kier molecular flexibility index (Phi) is 4.45. The van der Waals surface area contributed by atoms with Gasteiger partial charge in [0.25, 0.3) is 5.69 Å². The van der Waals surface area contributed by atoms with Crippen LogP contribution in [0.25, 0.3) is 11.3 Å². The van der Waals surface area contributed by atoms with Crippen LogP contribution in [0.2, 0.25) is 0 Å². The van der Waals surface area contributed by atoms with E-state index < -0.39 is 0 Å². The van der Waals surface area contributed by atoms with E-state index in [1.807, 2.05) is 18.2 Å². The average molecular weight is 379 g/mol. The number of ether oxygens (including phenoxy) is 1. The Balaban J connectivity index is 1.66. The van der Waals surface area contributed by atoms with E-state index in [0.717, 1.165) is 29.8 Å². The predicted molar refractivity (Wildman–Crippen MR) is 107 cm³/mol. The number of nitrogens with zero attached hydrogens (tertiary/aromatic N) is 3. The molecular weight excluding hydrogens is 362 g/mol. The summed E-state index contributed by atoms with van der Waals surface area (Å²) in [6.07, 6.45) is 3.54. The lowest BCUT2D eigenvalue weighted by Gasteiger charge is -2.15. The molecule has 27 heavy (non-hydrogen) atoms. The zero-order valence-corrected chi connectivity index (χ0v) is 15.7. The molecule has 0 aliphatic heterocycles. The lowest BCUT2D eigenvalue weighted by Crippen LogP contribution is -2.02. The van der Waals surface area contributed by atoms with E-state index in [1.54, 1.807) is 37.7 Å². The second kappa shape index (κ2) is 6.92. The molecule has 6 nitrogen and oxygen atoms in total. The maximum absolute atomic E-state index is 11.1. The van der Waals surface area contributed by atoms with Crippen molar-refractivity contribution in [2.24, 2.45) is 4.99 Å². The van der Waals surface area contributed by atoms with Crippen molar-refractivity contribution in [3.63, 3.8) is 0 Å². The molecule has 0 radical (unpaired) electrons. The summed E-state index contributed by atoms with van der Waals surface area (Å²) in [6, 6.07) is 11.2. The first kappa shape index (κ1) is 17.4. The number of thiazole rings is 1. The summed E-state index contributed by atoms with van der Waals surface area (Å²) in [5, 5.41) is 11.7. The third kappa shape index (κ3) is 3.33. The van der Waals surface area contributed by atoms with Gasteiger partial charge in [-0.05, 0) is 43.0 Å². The molecule has 136 valence electrons. The number of benzene rings is 2. The van der Waals surface area contributed by atoms with Gasteiger partial charge in [0.1, 0.15) is 5.75 Å². The van der Waals surface area contributed by atoms with Gasteiger partial charge in [-0.15, -0.1) is 0 Å². The minimum Gasteiger partial charge on any atom is -0.497 e. The van der Waals surface area contributed by atoms with Gasteiger partial charge in [0.05, 0.1) is 17.7 Å². The standard InChI is InChI=1S/C20H17N3O3S/c1-12-3-4-13(9-17(12)23(24)25)11-21-20-22-19-16-10-15(26-2)7-5-14(16)6-8-18(19)27-20/h3-5,7,9-11H,6,8H2,1-2H3. The van der Waals surface area contributed by atoms with Crippen LogP contribution in [0.3, 0.4) is 0 Å². The zero-order chi connectivity index (χ0) is 19.0. The summed E-state index contributed by atoms with van der Waals surface area (Å²) in [4.78, 5) is 21.1. The Labute approximate surface area is 160 Å². The number of fused-ring (bicyclic) bond motifs is 3. The van der Waals surface area contributed by atoms with Crippen molar-refractivity contribution in [2.75, 3.05) is 7.11 Å². The normalized spacial score (nSPS) is 12.7. The molecular formula is C20H17N3O3S. The number of nitro groups is 1. The minimum absolute atomic E-state index is 0.0957. The van der Waals surface area contributed by atoms with Gasteiger partial charge in [-0.3, -0.25) is 10.1 Å². The van der Waals surface area contributed by atoms with Crippen molar-refractivity contribution in [2.45, 2.75) is 19.8 Å². The van der Waals surface area contributed by atoms with Crippen LogP contribution >= 0.6 is 11.3 Å². The van der Waals surface area contributed by atoms with E-state index in [9.17, 15) is 10.1 Å². The van der Waals surface area contributed by atoms with Gasteiger partial charge in [-0.1, -0.05) is 29.5 Å². The number of aromatic nitrogens is 1. The molecule has 0 unspecified atom stereocenters. The Bertz CT molecular complexity index is 1070. The summed E-state index contributed by atoms with van der Waals surface area (Å²) in [7, 11) is 1.66. The molecule has 0 bridgehead atoms. The third-order valence-electron chi connectivity index (χ3n) is 4.63. The van der Waals surface area contributed by atoms with E-state index in [4.69, 9.17) is 4.74 Å². The van der Waals surface area contributed by atoms with Crippen molar-refractivity contribution in [1.29, 1.82) is 0 Å². The summed E-state index contributed by atoms with van der Waals surface area (Å²) in [5.41, 5.74) is 4.73. The second-order valence-electron chi connectivity index (χ2n) is 6.35. The van der Waals surface area contributed by atoms with Crippen molar-refractivity contribution in [3.8, 4) is 17.0 Å². The van der Waals surface area contributed by atoms with Crippen molar-refractivity contribution < 1.29 is 9.66 Å². The first-order valence-corrected chi connectivity index (χ1v) is 9.33. The molecule has 1 aliphatic rings. The van der Waals surface area contributed by atoms with E-state index in [1.165, 1.54) is 16.5 Å². The molecule has 0 spiro atoms. The van der Waals surface area contributed by atoms with Gasteiger partial charge in [-0.25, -0.2) is 9.98 Å². The number of hydrogen-bond donors (Lipinski definition) is 0. The number of nitro benzene ring substituents is 1. The summed E-state index contributed by atoms with van der Waals surface area (Å²) < 4.78 is 5.34. The first-order valence-electron chi connectivity index (χ1n) is 8.51. The quantitative estimate of drug-likeness (QED) is 0.367. The summed E-state index contributed by atoms with van der Waals surface area (Å²) in [6.45, 7) is 1.72. The van der Waals surface area contributed by atoms with E-state index in [2.05, 4.69) is 16.0 Å². The molecule has 1 aliphatic carbocycles. The maximum atomic E-state index is 11.1. The highest BCUT2D eigenvalue weighted by atomic mass is 32.1. The highest BCUT2D eigenvalue weighted by molar-refractivity contribution is 7.15. The first-order chi connectivity index (χ1) is 13.0. The van der Waals surface area contributed by atoms with Crippen molar-refractivity contribution in [3.05, 3.63) is 68.1 Å². The van der Waals surface area contributed by atoms with Crippen LogP contribution in [0.5, 0.6) is 5.75 Å². The lowest BCUT2D eigenvalue weighted by atomic mass is 9.93. The molecule has 0 atom stereocenters. The fourth-order valence-electron chi connectivity index (χ4n) is 3.18. The Morgan fingerprint density at radius 2 is 2.11 bits per heavy atom. The number of hydrogen-bond acceptors (Lipinski definition) is 6. The molecule has 3 aromatic rings. The van der Waals surface area contributed by atoms with Gasteiger partial charge < -0.3 is 4.74 Å². The molecule has 4 rings (SSSR count). The summed E-state index contributed by atoms with van der Waals surface area (Å²) >= 11 is 1.56. The fraction of sp³-hybridized carbons (Fsp3) is 0.200. The van der Waals surface area contributed by atoms with Crippen molar-refractivity contribution >= 4 is 28.4 Å². The number of methoxy groups -OCH3 is 1. The van der Waals surface area contributed by atoms with Crippen LogP contribution in [0.1, 0.15) is 21.6 Å². The van der Waals surface area contributed by atoms with E-state index in [0.29, 0.717) is 16.3 Å². The highest BCUT2D eigenvalue weighted by Gasteiger charge is 2.21. The topological polar surface area (TPSA) is 77.6 Å². The van der Waals surface area contributed by atoms with E-state index >= 15 is 0 Å². The number of rotatable bonds is 4. The number of aliphatic imine (C=N–C) groups is 1. The maximum Gasteiger partial charge on any atom is 0.272 e. The van der Waals surface area contributed by atoms with Gasteiger partial charge in [0, 0.05) is 28.3 Å². The summed E-state index contributed by atoms with van der Waals surface area (Å²) in [5.74, 6) is 0.812. The van der Waals surface area contributed by atoms with Gasteiger partial charge >= 0.3 is 0 Å². The molecule has 0 saturated carbocycles. The Hall–Kier alpha value is -3.06. The zero-order valence-electron chi connectivity index (χ0n) is 14.9. The number of aryl methyl sites for hydroxylation is 3. The monoisotopic (exact) mass is 379 g/mol. The van der Waals surface area contributed by atoms with Gasteiger partial charge in [0.2, 0.25) is 5.13 Å². The molecule has 7 heteroatoms. The highest BCUT2D eigenvalue weighted by Crippen LogP contribution is 2.40. The van der Waals surface area contributed by atoms with Crippen LogP contribution in [-0.4, -0.2) is 23.2 Å². The molecule has 1 heterocycles. The molecule has 0 N–H and O–H groups in total. The molecule has 0 amide bonds. The van der Waals surface area contributed by atoms with Crippen LogP contribution < -0.4 is 4.74 Å². The van der Waals surface area contributed by atoms with Crippen LogP contribution in [0.4, 0.5) is 10.8 Å². The smallest absolute Gasteiger partial charge is 0.272 e. The van der Waals surface area contributed by atoms with Gasteiger partial charge in [-0.2, -0.15) is 0 Å². The Morgan fingerprint density at radius 1 is 1.26 bits per heavy atom. The predicted octanol–water partition coefficient (Wildman–Crippen LogP) is 4.88.